The van der Waals surface area contributed by atoms with E-state index in [1.807, 2.05) is 11.3 Å². The quantitative estimate of drug-likeness (QED) is 0.461. The van der Waals surface area contributed by atoms with Crippen molar-refractivity contribution in [3.05, 3.63) is 16.5 Å². The van der Waals surface area contributed by atoms with Crippen LogP contribution in [-0.2, 0) is 0 Å². The molecule has 1 N–H and O–H groups in total. The number of alkyl halides is 2. The van der Waals surface area contributed by atoms with E-state index in [4.69, 9.17) is 0 Å². The Balaban J connectivity index is 2.78. The fourth-order valence-corrected chi connectivity index (χ4v) is 4.33. The molecule has 0 atom stereocenters. The predicted molar refractivity (Wildman–Crippen MR) is 87.8 cm³/mol. The van der Waals surface area contributed by atoms with Crippen LogP contribution in [0.4, 0.5) is 5.00 Å². The zero-order valence-corrected chi connectivity index (χ0v) is 14.4. The third-order valence-electron chi connectivity index (χ3n) is 2.63. The summed E-state index contributed by atoms with van der Waals surface area (Å²) in [7, 11) is 0. The molecule has 0 saturated carbocycles. The first-order valence-corrected chi connectivity index (χ1v) is 8.59. The molecule has 1 rings (SSSR count). The van der Waals surface area contributed by atoms with Crippen molar-refractivity contribution in [3.63, 3.8) is 0 Å². The van der Waals surface area contributed by atoms with E-state index >= 15 is 0 Å². The Morgan fingerprint density at radius 1 is 1.33 bits per heavy atom. The Kier molecular flexibility index (Phi) is 6.20. The van der Waals surface area contributed by atoms with Gasteiger partial charge in [-0.1, -0.05) is 59.0 Å². The van der Waals surface area contributed by atoms with Crippen molar-refractivity contribution in [3.8, 4) is 0 Å². The van der Waals surface area contributed by atoms with E-state index in [1.165, 1.54) is 29.0 Å². The van der Waals surface area contributed by atoms with Crippen LogP contribution in [0, 0.1) is 6.92 Å². The van der Waals surface area contributed by atoms with Gasteiger partial charge in [-0.15, -0.1) is 11.3 Å². The summed E-state index contributed by atoms with van der Waals surface area (Å²) in [6, 6.07) is 0.622. The highest BCUT2D eigenvalue weighted by Crippen LogP contribution is 2.39. The van der Waals surface area contributed by atoms with Crippen LogP contribution in [0.25, 0.3) is 0 Å². The molecule has 4 heteroatoms. The van der Waals surface area contributed by atoms with Crippen LogP contribution in [0.1, 0.15) is 39.7 Å². The first-order chi connectivity index (χ1) is 7.10. The van der Waals surface area contributed by atoms with Gasteiger partial charge >= 0.3 is 0 Å². The SMILES string of the molecule is CCC(CC)Nc1scc(C(I)I)c1C. The topological polar surface area (TPSA) is 12.0 Å². The van der Waals surface area contributed by atoms with Crippen molar-refractivity contribution in [2.45, 2.75) is 41.6 Å². The van der Waals surface area contributed by atoms with E-state index in [-0.39, 0.29) is 0 Å². The largest absolute Gasteiger partial charge is 0.374 e. The summed E-state index contributed by atoms with van der Waals surface area (Å²) in [6.45, 7) is 6.70. The van der Waals surface area contributed by atoms with Crippen LogP contribution in [0.2, 0.25) is 0 Å². The smallest absolute Gasteiger partial charge is 0.0917 e. The van der Waals surface area contributed by atoms with Crippen molar-refractivity contribution in [2.24, 2.45) is 0 Å². The van der Waals surface area contributed by atoms with Crippen LogP contribution < -0.4 is 5.32 Å². The molecule has 1 aromatic heterocycles. The minimum absolute atomic E-state index is 0.578. The number of nitrogens with one attached hydrogen (secondary N) is 1. The first kappa shape index (κ1) is 14.0. The second kappa shape index (κ2) is 6.64. The third kappa shape index (κ3) is 3.73. The standard InChI is InChI=1S/C11H17I2NS/c1-4-8(5-2)14-11-7(3)9(6-15-11)10(12)13/h6,8,10,14H,4-5H2,1-3H3. The van der Waals surface area contributed by atoms with Gasteiger partial charge in [0.15, 0.2) is 0 Å². The molecule has 0 radical (unpaired) electrons. The molecule has 0 aliphatic heterocycles. The summed E-state index contributed by atoms with van der Waals surface area (Å²) in [5.41, 5.74) is 2.90. The minimum atomic E-state index is 0.578. The second-order valence-corrected chi connectivity index (χ2v) is 9.36. The lowest BCUT2D eigenvalue weighted by Gasteiger charge is -2.15. The number of halogens is 2. The van der Waals surface area contributed by atoms with Gasteiger partial charge in [-0.25, -0.2) is 0 Å². The average molecular weight is 449 g/mol. The van der Waals surface area contributed by atoms with Gasteiger partial charge in [0.1, 0.15) is 0 Å². The van der Waals surface area contributed by atoms with E-state index in [1.54, 1.807) is 0 Å². The minimum Gasteiger partial charge on any atom is -0.374 e. The predicted octanol–water partition coefficient (Wildman–Crippen LogP) is 5.53. The maximum Gasteiger partial charge on any atom is 0.0917 e. The van der Waals surface area contributed by atoms with Crippen LogP contribution in [-0.4, -0.2) is 6.04 Å². The lowest BCUT2D eigenvalue weighted by atomic mass is 10.1. The molecule has 1 aromatic rings. The molecule has 0 spiro atoms. The van der Waals surface area contributed by atoms with Gasteiger partial charge < -0.3 is 5.32 Å². The molecule has 0 aliphatic rings. The van der Waals surface area contributed by atoms with Gasteiger partial charge in [-0.2, -0.15) is 0 Å². The molecule has 0 aliphatic carbocycles. The maximum absolute atomic E-state index is 3.63. The summed E-state index contributed by atoms with van der Waals surface area (Å²) in [4.78, 5) is 0. The van der Waals surface area contributed by atoms with Gasteiger partial charge in [-0.05, 0) is 36.3 Å². The zero-order chi connectivity index (χ0) is 11.4. The molecule has 0 bridgehead atoms. The van der Waals surface area contributed by atoms with Crippen LogP contribution >= 0.6 is 56.5 Å². The maximum atomic E-state index is 3.63. The Bertz CT molecular complexity index is 306. The Morgan fingerprint density at radius 3 is 2.33 bits per heavy atom. The number of hydrogen-bond acceptors (Lipinski definition) is 2. The molecule has 0 saturated heterocycles. The lowest BCUT2D eigenvalue weighted by Crippen LogP contribution is -2.16. The molecule has 0 fully saturated rings. The second-order valence-electron chi connectivity index (χ2n) is 3.60. The molecular formula is C11H17I2NS. The fourth-order valence-electron chi connectivity index (χ4n) is 1.47. The Morgan fingerprint density at radius 2 is 1.93 bits per heavy atom. The summed E-state index contributed by atoms with van der Waals surface area (Å²) in [6.07, 6.45) is 2.39. The fraction of sp³-hybridized carbons (Fsp3) is 0.636. The highest BCUT2D eigenvalue weighted by atomic mass is 127. The normalized spacial score (nSPS) is 11.4. The van der Waals surface area contributed by atoms with E-state index in [0.717, 1.165) is 0 Å². The van der Waals surface area contributed by atoms with Crippen LogP contribution in [0.3, 0.4) is 0 Å². The van der Waals surface area contributed by atoms with Gasteiger partial charge in [0.25, 0.3) is 0 Å². The Labute approximate surface area is 124 Å². The van der Waals surface area contributed by atoms with E-state index < -0.39 is 0 Å². The summed E-state index contributed by atoms with van der Waals surface area (Å²) >= 11 is 6.77. The van der Waals surface area contributed by atoms with Crippen molar-refractivity contribution in [1.82, 2.24) is 0 Å². The van der Waals surface area contributed by atoms with Crippen molar-refractivity contribution in [1.29, 1.82) is 0 Å². The highest BCUT2D eigenvalue weighted by molar-refractivity contribution is 14.2. The monoisotopic (exact) mass is 449 g/mol. The molecule has 1 heterocycles. The highest BCUT2D eigenvalue weighted by Gasteiger charge is 2.13. The number of hydrogen-bond donors (Lipinski definition) is 1. The Hall–Kier alpha value is 0.960. The lowest BCUT2D eigenvalue weighted by molar-refractivity contribution is 0.673. The van der Waals surface area contributed by atoms with Crippen molar-refractivity contribution >= 4 is 61.5 Å². The van der Waals surface area contributed by atoms with E-state index in [0.29, 0.717) is 7.97 Å². The molecule has 15 heavy (non-hydrogen) atoms. The van der Waals surface area contributed by atoms with Crippen molar-refractivity contribution in [2.75, 3.05) is 5.32 Å². The number of rotatable bonds is 5. The van der Waals surface area contributed by atoms with Gasteiger partial charge in [0, 0.05) is 6.04 Å². The van der Waals surface area contributed by atoms with Crippen molar-refractivity contribution < 1.29 is 0 Å². The zero-order valence-electron chi connectivity index (χ0n) is 9.31. The number of anilines is 1. The average Bonchev–Trinajstić information content (AvgIpc) is 2.56. The first-order valence-electron chi connectivity index (χ1n) is 5.22. The van der Waals surface area contributed by atoms with Gasteiger partial charge in [0.2, 0.25) is 0 Å². The van der Waals surface area contributed by atoms with Gasteiger partial charge in [-0.3, -0.25) is 0 Å². The van der Waals surface area contributed by atoms with Crippen LogP contribution in [0.5, 0.6) is 0 Å². The van der Waals surface area contributed by atoms with Crippen LogP contribution in [0.15, 0.2) is 5.38 Å². The molecule has 0 amide bonds. The summed E-state index contributed by atoms with van der Waals surface area (Å²) in [5, 5.41) is 7.27. The van der Waals surface area contributed by atoms with E-state index in [9.17, 15) is 0 Å². The molecule has 0 unspecified atom stereocenters. The van der Waals surface area contributed by atoms with Gasteiger partial charge in [0.05, 0.1) is 6.93 Å². The summed E-state index contributed by atoms with van der Waals surface area (Å²) in [5.74, 6) is 0. The third-order valence-corrected chi connectivity index (χ3v) is 5.01. The number of thiophene rings is 1. The summed E-state index contributed by atoms with van der Waals surface area (Å²) < 4.78 is 0.578. The molecule has 0 aromatic carbocycles. The molecule has 86 valence electrons. The molecule has 1 nitrogen and oxygen atoms in total. The molecular weight excluding hydrogens is 432 g/mol. The van der Waals surface area contributed by atoms with E-state index in [2.05, 4.69) is 76.6 Å².